The predicted molar refractivity (Wildman–Crippen MR) is 103 cm³/mol. The van der Waals surface area contributed by atoms with Crippen molar-refractivity contribution in [2.75, 3.05) is 19.6 Å². The van der Waals surface area contributed by atoms with Crippen LogP contribution in [0, 0.1) is 11.8 Å². The first-order chi connectivity index (χ1) is 10.1. The summed E-state index contributed by atoms with van der Waals surface area (Å²) in [7, 11) is 0. The number of aromatic hydroxyl groups is 1. The maximum Gasteiger partial charge on any atom is 0.194 e. The number of halogens is 1. The number of nitrogens with zero attached hydrogens (tertiary/aromatic N) is 2. The summed E-state index contributed by atoms with van der Waals surface area (Å²) in [6, 6.07) is 7.26. The summed E-state index contributed by atoms with van der Waals surface area (Å²) in [5, 5.41) is 12.7. The molecule has 2 N–H and O–H groups in total. The molecule has 2 atom stereocenters. The topological polar surface area (TPSA) is 47.9 Å². The molecule has 0 amide bonds. The average Bonchev–Trinajstić information content (AvgIpc) is 2.44. The molecule has 1 aliphatic rings. The van der Waals surface area contributed by atoms with Crippen molar-refractivity contribution in [3.8, 4) is 5.75 Å². The Balaban J connectivity index is 0.00000242. The normalized spacial score (nSPS) is 22.1. The Morgan fingerprint density at radius 3 is 2.36 bits per heavy atom. The maximum absolute atomic E-state index is 9.32. The maximum atomic E-state index is 9.32. The molecule has 5 heteroatoms. The van der Waals surface area contributed by atoms with E-state index in [1.54, 1.807) is 12.1 Å². The molecule has 0 bridgehead atoms. The van der Waals surface area contributed by atoms with Crippen molar-refractivity contribution in [3.63, 3.8) is 0 Å². The molecule has 0 saturated carbocycles. The molecule has 124 valence electrons. The first-order valence-corrected chi connectivity index (χ1v) is 7.89. The molecule has 2 rings (SSSR count). The number of nitrogens with one attached hydrogen (secondary N) is 1. The molecular formula is C17H28IN3O. The predicted octanol–water partition coefficient (Wildman–Crippen LogP) is 3.45. The summed E-state index contributed by atoms with van der Waals surface area (Å²) in [5.41, 5.74) is 1.11. The molecule has 0 radical (unpaired) electrons. The van der Waals surface area contributed by atoms with Gasteiger partial charge in [-0.2, -0.15) is 0 Å². The fourth-order valence-electron chi connectivity index (χ4n) is 3.03. The Bertz CT molecular complexity index is 465. The van der Waals surface area contributed by atoms with Crippen LogP contribution in [0.4, 0.5) is 0 Å². The zero-order valence-electron chi connectivity index (χ0n) is 13.7. The molecule has 1 heterocycles. The third-order valence-electron chi connectivity index (χ3n) is 3.85. The lowest BCUT2D eigenvalue weighted by Crippen LogP contribution is -2.48. The number of benzene rings is 1. The van der Waals surface area contributed by atoms with E-state index in [4.69, 9.17) is 4.99 Å². The first kappa shape index (κ1) is 19.1. The van der Waals surface area contributed by atoms with Crippen LogP contribution in [0.5, 0.6) is 5.75 Å². The number of phenols is 1. The molecule has 2 unspecified atom stereocenters. The van der Waals surface area contributed by atoms with E-state index in [0.717, 1.165) is 31.2 Å². The number of aliphatic imine (C=N–C) groups is 1. The molecule has 0 aliphatic carbocycles. The van der Waals surface area contributed by atoms with Crippen molar-refractivity contribution in [3.05, 3.63) is 29.8 Å². The highest BCUT2D eigenvalue weighted by Gasteiger charge is 2.23. The summed E-state index contributed by atoms with van der Waals surface area (Å²) in [4.78, 5) is 7.13. The number of piperidine rings is 1. The average molecular weight is 417 g/mol. The highest BCUT2D eigenvalue weighted by molar-refractivity contribution is 14.0. The van der Waals surface area contributed by atoms with Gasteiger partial charge in [0.25, 0.3) is 0 Å². The summed E-state index contributed by atoms with van der Waals surface area (Å²) in [5.74, 6) is 2.73. The highest BCUT2D eigenvalue weighted by atomic mass is 127. The number of phenolic OH excluding ortho intramolecular Hbond substituents is 1. The Kier molecular flexibility index (Phi) is 8.00. The standard InChI is InChI=1S/C17H27N3O.HI/c1-4-18-17(20-11-13(2)9-14(3)12-20)19-10-15-5-7-16(21)8-6-15;/h5-8,13-14,21H,4,9-12H2,1-3H3,(H,18,19);1H. The quantitative estimate of drug-likeness (QED) is 0.450. The molecule has 4 nitrogen and oxygen atoms in total. The molecule has 0 spiro atoms. The van der Waals surface area contributed by atoms with E-state index >= 15 is 0 Å². The SMILES string of the molecule is CCNC(=NCc1ccc(O)cc1)N1CC(C)CC(C)C1.I. The second-order valence-corrected chi connectivity index (χ2v) is 6.19. The van der Waals surface area contributed by atoms with Gasteiger partial charge in [-0.05, 0) is 42.9 Å². The van der Waals surface area contributed by atoms with Crippen LogP contribution in [0.25, 0.3) is 0 Å². The minimum absolute atomic E-state index is 0. The summed E-state index contributed by atoms with van der Waals surface area (Å²) in [6.45, 7) is 10.4. The van der Waals surface area contributed by atoms with Gasteiger partial charge in [-0.1, -0.05) is 26.0 Å². The van der Waals surface area contributed by atoms with Crippen LogP contribution in [-0.4, -0.2) is 35.6 Å². The fraction of sp³-hybridized carbons (Fsp3) is 0.588. The Hall–Kier alpha value is -0.980. The minimum Gasteiger partial charge on any atom is -0.508 e. The third kappa shape index (κ3) is 5.66. The smallest absolute Gasteiger partial charge is 0.194 e. The van der Waals surface area contributed by atoms with Crippen molar-refractivity contribution < 1.29 is 5.11 Å². The van der Waals surface area contributed by atoms with E-state index < -0.39 is 0 Å². The van der Waals surface area contributed by atoms with E-state index in [1.807, 2.05) is 12.1 Å². The van der Waals surface area contributed by atoms with E-state index in [-0.39, 0.29) is 24.0 Å². The van der Waals surface area contributed by atoms with Crippen LogP contribution in [0.2, 0.25) is 0 Å². The lowest BCUT2D eigenvalue weighted by molar-refractivity contribution is 0.208. The summed E-state index contributed by atoms with van der Waals surface area (Å²) < 4.78 is 0. The number of rotatable bonds is 3. The van der Waals surface area contributed by atoms with Gasteiger partial charge in [-0.25, -0.2) is 4.99 Å². The first-order valence-electron chi connectivity index (χ1n) is 7.89. The molecule has 1 aromatic rings. The highest BCUT2D eigenvalue weighted by Crippen LogP contribution is 2.21. The summed E-state index contributed by atoms with van der Waals surface area (Å²) >= 11 is 0. The van der Waals surface area contributed by atoms with E-state index in [1.165, 1.54) is 6.42 Å². The monoisotopic (exact) mass is 417 g/mol. The largest absolute Gasteiger partial charge is 0.508 e. The Labute approximate surface area is 151 Å². The van der Waals surface area contributed by atoms with E-state index in [0.29, 0.717) is 24.1 Å². The second-order valence-electron chi connectivity index (χ2n) is 6.19. The molecular weight excluding hydrogens is 389 g/mol. The lowest BCUT2D eigenvalue weighted by atomic mass is 9.92. The zero-order chi connectivity index (χ0) is 15.2. The fourth-order valence-corrected chi connectivity index (χ4v) is 3.03. The lowest BCUT2D eigenvalue weighted by Gasteiger charge is -2.37. The molecule has 1 fully saturated rings. The van der Waals surface area contributed by atoms with Gasteiger partial charge in [0.15, 0.2) is 5.96 Å². The molecule has 1 aromatic carbocycles. The molecule has 22 heavy (non-hydrogen) atoms. The zero-order valence-corrected chi connectivity index (χ0v) is 16.1. The van der Waals surface area contributed by atoms with Crippen molar-refractivity contribution in [1.29, 1.82) is 0 Å². The number of hydrogen-bond acceptors (Lipinski definition) is 2. The van der Waals surface area contributed by atoms with Crippen LogP contribution in [0.15, 0.2) is 29.3 Å². The van der Waals surface area contributed by atoms with Crippen LogP contribution in [-0.2, 0) is 6.54 Å². The number of hydrogen-bond donors (Lipinski definition) is 2. The van der Waals surface area contributed by atoms with E-state index in [2.05, 4.69) is 31.0 Å². The Morgan fingerprint density at radius 1 is 1.23 bits per heavy atom. The molecule has 1 saturated heterocycles. The third-order valence-corrected chi connectivity index (χ3v) is 3.85. The summed E-state index contributed by atoms with van der Waals surface area (Å²) in [6.07, 6.45) is 1.30. The van der Waals surface area contributed by atoms with Crippen LogP contribution >= 0.6 is 24.0 Å². The van der Waals surface area contributed by atoms with Gasteiger partial charge < -0.3 is 15.3 Å². The number of guanidine groups is 1. The van der Waals surface area contributed by atoms with Gasteiger partial charge in [-0.3, -0.25) is 0 Å². The van der Waals surface area contributed by atoms with Crippen molar-refractivity contribution in [2.45, 2.75) is 33.7 Å². The Morgan fingerprint density at radius 2 is 1.82 bits per heavy atom. The van der Waals surface area contributed by atoms with Gasteiger partial charge in [0.2, 0.25) is 0 Å². The van der Waals surface area contributed by atoms with Crippen molar-refractivity contribution in [1.82, 2.24) is 10.2 Å². The van der Waals surface area contributed by atoms with Crippen LogP contribution in [0.3, 0.4) is 0 Å². The van der Waals surface area contributed by atoms with Crippen molar-refractivity contribution >= 4 is 29.9 Å². The molecule has 1 aliphatic heterocycles. The van der Waals surface area contributed by atoms with E-state index in [9.17, 15) is 5.11 Å². The van der Waals surface area contributed by atoms with Crippen molar-refractivity contribution in [2.24, 2.45) is 16.8 Å². The van der Waals surface area contributed by atoms with Gasteiger partial charge in [0.1, 0.15) is 5.75 Å². The number of likely N-dealkylation sites (tertiary alicyclic amines) is 1. The van der Waals surface area contributed by atoms with Gasteiger partial charge in [-0.15, -0.1) is 24.0 Å². The van der Waals surface area contributed by atoms with Crippen LogP contribution < -0.4 is 5.32 Å². The molecule has 0 aromatic heterocycles. The van der Waals surface area contributed by atoms with Gasteiger partial charge in [0.05, 0.1) is 6.54 Å². The van der Waals surface area contributed by atoms with Gasteiger partial charge in [0, 0.05) is 19.6 Å². The second kappa shape index (κ2) is 9.22. The van der Waals surface area contributed by atoms with Gasteiger partial charge >= 0.3 is 0 Å². The minimum atomic E-state index is 0. The van der Waals surface area contributed by atoms with Crippen LogP contribution in [0.1, 0.15) is 32.8 Å².